The van der Waals surface area contributed by atoms with Crippen LogP contribution in [0.25, 0.3) is 0 Å². The molecule has 0 amide bonds. The maximum absolute atomic E-state index is 4.02. The van der Waals surface area contributed by atoms with Gasteiger partial charge in [0.25, 0.3) is 0 Å². The van der Waals surface area contributed by atoms with Gasteiger partial charge in [0.2, 0.25) is 0 Å². The van der Waals surface area contributed by atoms with Gasteiger partial charge < -0.3 is 0 Å². The van der Waals surface area contributed by atoms with Crippen LogP contribution in [0, 0.1) is 0 Å². The van der Waals surface area contributed by atoms with Crippen LogP contribution in [0.5, 0.6) is 0 Å². The SMILES string of the molecule is C=CCN(CC=C)Cn1cncn1. The minimum Gasteiger partial charge on any atom is -0.277 e. The van der Waals surface area contributed by atoms with E-state index in [2.05, 4.69) is 28.1 Å². The second kappa shape index (κ2) is 5.27. The van der Waals surface area contributed by atoms with Crippen molar-refractivity contribution in [2.45, 2.75) is 6.67 Å². The quantitative estimate of drug-likeness (QED) is 0.607. The van der Waals surface area contributed by atoms with E-state index in [1.54, 1.807) is 11.0 Å². The molecule has 0 saturated carbocycles. The minimum atomic E-state index is 0.720. The van der Waals surface area contributed by atoms with E-state index in [1.165, 1.54) is 6.33 Å². The maximum Gasteiger partial charge on any atom is 0.137 e. The summed E-state index contributed by atoms with van der Waals surface area (Å²) in [7, 11) is 0. The fraction of sp³-hybridized carbons (Fsp3) is 0.333. The van der Waals surface area contributed by atoms with Gasteiger partial charge >= 0.3 is 0 Å². The first kappa shape index (κ1) is 9.67. The molecule has 13 heavy (non-hydrogen) atoms. The summed E-state index contributed by atoms with van der Waals surface area (Å²) in [5, 5.41) is 4.02. The summed E-state index contributed by atoms with van der Waals surface area (Å²) in [6, 6.07) is 0. The largest absolute Gasteiger partial charge is 0.277 e. The standard InChI is InChI=1S/C9H14N4/c1-3-5-12(6-4-2)9-13-8-10-7-11-13/h3-4,7-8H,1-2,5-6,9H2. The lowest BCUT2D eigenvalue weighted by Gasteiger charge is -2.17. The molecular weight excluding hydrogens is 164 g/mol. The summed E-state index contributed by atoms with van der Waals surface area (Å²) in [4.78, 5) is 6.02. The fourth-order valence-electron chi connectivity index (χ4n) is 1.07. The molecule has 1 rings (SSSR count). The molecule has 0 atom stereocenters. The average molecular weight is 178 g/mol. The van der Waals surface area contributed by atoms with Crippen molar-refractivity contribution >= 4 is 0 Å². The molecule has 0 bridgehead atoms. The van der Waals surface area contributed by atoms with E-state index in [0.29, 0.717) is 0 Å². The molecule has 0 aromatic carbocycles. The third-order valence-corrected chi connectivity index (χ3v) is 1.59. The van der Waals surface area contributed by atoms with Crippen LogP contribution in [0.1, 0.15) is 0 Å². The summed E-state index contributed by atoms with van der Waals surface area (Å²) in [5.74, 6) is 0. The van der Waals surface area contributed by atoms with Crippen LogP contribution < -0.4 is 0 Å². The van der Waals surface area contributed by atoms with Gasteiger partial charge in [-0.2, -0.15) is 5.10 Å². The Morgan fingerprint density at radius 3 is 2.46 bits per heavy atom. The lowest BCUT2D eigenvalue weighted by Crippen LogP contribution is -2.26. The van der Waals surface area contributed by atoms with Crippen LogP contribution in [0.4, 0.5) is 0 Å². The summed E-state index contributed by atoms with van der Waals surface area (Å²) in [6.07, 6.45) is 6.94. The molecule has 1 heterocycles. The summed E-state index contributed by atoms with van der Waals surface area (Å²) in [5.41, 5.74) is 0. The van der Waals surface area contributed by atoms with Crippen molar-refractivity contribution in [3.8, 4) is 0 Å². The van der Waals surface area contributed by atoms with E-state index in [4.69, 9.17) is 0 Å². The van der Waals surface area contributed by atoms with Crippen molar-refractivity contribution in [2.75, 3.05) is 13.1 Å². The second-order valence-corrected chi connectivity index (χ2v) is 2.69. The van der Waals surface area contributed by atoms with Crippen LogP contribution in [0.15, 0.2) is 38.0 Å². The molecule has 4 nitrogen and oxygen atoms in total. The van der Waals surface area contributed by atoms with Gasteiger partial charge in [0, 0.05) is 13.1 Å². The highest BCUT2D eigenvalue weighted by molar-refractivity contribution is 4.78. The zero-order valence-electron chi connectivity index (χ0n) is 7.63. The van der Waals surface area contributed by atoms with Gasteiger partial charge in [0.1, 0.15) is 12.7 Å². The monoisotopic (exact) mass is 178 g/mol. The van der Waals surface area contributed by atoms with E-state index >= 15 is 0 Å². The zero-order valence-corrected chi connectivity index (χ0v) is 7.63. The van der Waals surface area contributed by atoms with Crippen LogP contribution in [-0.4, -0.2) is 32.8 Å². The molecule has 0 aliphatic heterocycles. The molecule has 0 aliphatic carbocycles. The van der Waals surface area contributed by atoms with Crippen molar-refractivity contribution in [3.05, 3.63) is 38.0 Å². The molecule has 0 saturated heterocycles. The Labute approximate surface area is 78.2 Å². The Morgan fingerprint density at radius 2 is 2.00 bits per heavy atom. The molecule has 0 N–H and O–H groups in total. The molecule has 0 spiro atoms. The Bertz CT molecular complexity index is 243. The van der Waals surface area contributed by atoms with Gasteiger partial charge in [-0.05, 0) is 0 Å². The molecular formula is C9H14N4. The van der Waals surface area contributed by atoms with E-state index < -0.39 is 0 Å². The molecule has 0 radical (unpaired) electrons. The van der Waals surface area contributed by atoms with Crippen LogP contribution in [0.3, 0.4) is 0 Å². The molecule has 1 aromatic rings. The van der Waals surface area contributed by atoms with Crippen LogP contribution in [-0.2, 0) is 6.67 Å². The van der Waals surface area contributed by atoms with E-state index in [-0.39, 0.29) is 0 Å². The van der Waals surface area contributed by atoms with Gasteiger partial charge in [0.15, 0.2) is 0 Å². The molecule has 0 unspecified atom stereocenters. The average Bonchev–Trinajstić information content (AvgIpc) is 2.58. The maximum atomic E-state index is 4.02. The lowest BCUT2D eigenvalue weighted by molar-refractivity contribution is 0.252. The second-order valence-electron chi connectivity index (χ2n) is 2.69. The first-order valence-electron chi connectivity index (χ1n) is 4.13. The topological polar surface area (TPSA) is 34.0 Å². The normalized spacial score (nSPS) is 10.2. The smallest absolute Gasteiger partial charge is 0.137 e. The molecule has 70 valence electrons. The minimum absolute atomic E-state index is 0.720. The first-order chi connectivity index (χ1) is 6.36. The van der Waals surface area contributed by atoms with E-state index in [0.717, 1.165) is 19.8 Å². The Kier molecular flexibility index (Phi) is 3.92. The number of rotatable bonds is 6. The zero-order chi connectivity index (χ0) is 9.52. The Hall–Kier alpha value is -1.42. The van der Waals surface area contributed by atoms with Crippen molar-refractivity contribution in [1.82, 2.24) is 19.7 Å². The predicted octanol–water partition coefficient (Wildman–Crippen LogP) is 0.910. The number of aromatic nitrogens is 3. The van der Waals surface area contributed by atoms with Gasteiger partial charge in [-0.25, -0.2) is 9.67 Å². The molecule has 0 aliphatic rings. The summed E-state index contributed by atoms with van der Waals surface area (Å²) >= 11 is 0. The Morgan fingerprint density at radius 1 is 1.31 bits per heavy atom. The highest BCUT2D eigenvalue weighted by atomic mass is 15.4. The highest BCUT2D eigenvalue weighted by Crippen LogP contribution is 1.92. The number of hydrogen-bond acceptors (Lipinski definition) is 3. The Balaban J connectivity index is 2.46. The van der Waals surface area contributed by atoms with Crippen molar-refractivity contribution in [1.29, 1.82) is 0 Å². The number of nitrogens with zero attached hydrogens (tertiary/aromatic N) is 4. The fourth-order valence-corrected chi connectivity index (χ4v) is 1.07. The predicted molar refractivity (Wildman–Crippen MR) is 52.0 cm³/mol. The van der Waals surface area contributed by atoms with Crippen molar-refractivity contribution in [2.24, 2.45) is 0 Å². The lowest BCUT2D eigenvalue weighted by atomic mass is 10.5. The number of hydrogen-bond donors (Lipinski definition) is 0. The van der Waals surface area contributed by atoms with Gasteiger partial charge in [-0.1, -0.05) is 12.2 Å². The summed E-state index contributed by atoms with van der Waals surface area (Å²) < 4.78 is 1.77. The first-order valence-corrected chi connectivity index (χ1v) is 4.13. The third-order valence-electron chi connectivity index (χ3n) is 1.59. The van der Waals surface area contributed by atoms with Gasteiger partial charge in [0.05, 0.1) is 6.67 Å². The molecule has 0 fully saturated rings. The molecule has 1 aromatic heterocycles. The molecule has 4 heteroatoms. The van der Waals surface area contributed by atoms with Gasteiger partial charge in [-0.15, -0.1) is 13.2 Å². The summed E-state index contributed by atoms with van der Waals surface area (Å²) in [6.45, 7) is 9.75. The van der Waals surface area contributed by atoms with Gasteiger partial charge in [-0.3, -0.25) is 4.90 Å². The third kappa shape index (κ3) is 3.21. The van der Waals surface area contributed by atoms with E-state index in [1.807, 2.05) is 12.2 Å². The van der Waals surface area contributed by atoms with Crippen molar-refractivity contribution in [3.63, 3.8) is 0 Å². The highest BCUT2D eigenvalue weighted by Gasteiger charge is 2.00. The van der Waals surface area contributed by atoms with Crippen molar-refractivity contribution < 1.29 is 0 Å². The van der Waals surface area contributed by atoms with Crippen LogP contribution >= 0.6 is 0 Å². The van der Waals surface area contributed by atoms with E-state index in [9.17, 15) is 0 Å². The van der Waals surface area contributed by atoms with Crippen LogP contribution in [0.2, 0.25) is 0 Å².